The highest BCUT2D eigenvalue weighted by molar-refractivity contribution is 5.96. The Bertz CT molecular complexity index is 632. The summed E-state index contributed by atoms with van der Waals surface area (Å²) in [4.78, 5) is 14.2. The van der Waals surface area contributed by atoms with Gasteiger partial charge in [0.2, 0.25) is 0 Å². The molecule has 3 heteroatoms. The zero-order valence-corrected chi connectivity index (χ0v) is 12.9. The molecule has 0 aliphatic rings. The van der Waals surface area contributed by atoms with Crippen LogP contribution in [-0.2, 0) is 13.0 Å². The summed E-state index contributed by atoms with van der Waals surface area (Å²) in [6.07, 6.45) is 1.03. The zero-order chi connectivity index (χ0) is 15.4. The lowest BCUT2D eigenvalue weighted by molar-refractivity contribution is 0.0784. The van der Waals surface area contributed by atoms with E-state index in [1.54, 1.807) is 4.90 Å². The Balaban J connectivity index is 2.13. The van der Waals surface area contributed by atoms with Crippen molar-refractivity contribution in [2.24, 2.45) is 0 Å². The third-order valence-electron chi connectivity index (χ3n) is 3.80. The number of hydrogen-bond donors (Lipinski definition) is 1. The van der Waals surface area contributed by atoms with E-state index in [0.29, 0.717) is 17.8 Å². The second-order valence-corrected chi connectivity index (χ2v) is 5.35. The standard InChI is InChI=1S/C18H22N2O/c1-4-14-8-10-15(11-9-14)12-20(3)18(21)16-6-5-7-17(19)13(16)2/h5-11H,4,12,19H2,1-3H3. The van der Waals surface area contributed by atoms with Crippen LogP contribution in [-0.4, -0.2) is 17.9 Å². The Morgan fingerprint density at radius 2 is 1.71 bits per heavy atom. The first-order valence-corrected chi connectivity index (χ1v) is 7.21. The highest BCUT2D eigenvalue weighted by Crippen LogP contribution is 2.18. The van der Waals surface area contributed by atoms with E-state index in [-0.39, 0.29) is 5.91 Å². The first-order valence-electron chi connectivity index (χ1n) is 7.21. The fourth-order valence-corrected chi connectivity index (χ4v) is 2.32. The maximum atomic E-state index is 12.5. The number of nitrogens with zero attached hydrogens (tertiary/aromatic N) is 1. The molecule has 1 amide bonds. The molecule has 21 heavy (non-hydrogen) atoms. The van der Waals surface area contributed by atoms with E-state index in [0.717, 1.165) is 17.5 Å². The highest BCUT2D eigenvalue weighted by Gasteiger charge is 2.15. The fraction of sp³-hybridized carbons (Fsp3) is 0.278. The Labute approximate surface area is 126 Å². The van der Waals surface area contributed by atoms with Crippen molar-refractivity contribution < 1.29 is 4.79 Å². The van der Waals surface area contributed by atoms with Gasteiger partial charge in [-0.1, -0.05) is 37.3 Å². The number of anilines is 1. The average Bonchev–Trinajstić information content (AvgIpc) is 2.50. The maximum Gasteiger partial charge on any atom is 0.254 e. The van der Waals surface area contributed by atoms with E-state index < -0.39 is 0 Å². The summed E-state index contributed by atoms with van der Waals surface area (Å²) in [7, 11) is 1.82. The monoisotopic (exact) mass is 282 g/mol. The van der Waals surface area contributed by atoms with Crippen molar-refractivity contribution in [1.29, 1.82) is 0 Å². The van der Waals surface area contributed by atoms with Gasteiger partial charge in [0, 0.05) is 24.8 Å². The van der Waals surface area contributed by atoms with Crippen molar-refractivity contribution in [2.45, 2.75) is 26.8 Å². The molecular weight excluding hydrogens is 260 g/mol. The molecule has 0 fully saturated rings. The van der Waals surface area contributed by atoms with Crippen LogP contribution in [0.2, 0.25) is 0 Å². The molecule has 0 spiro atoms. The Kier molecular flexibility index (Phi) is 4.63. The summed E-state index contributed by atoms with van der Waals surface area (Å²) >= 11 is 0. The summed E-state index contributed by atoms with van der Waals surface area (Å²) in [6.45, 7) is 4.61. The lowest BCUT2D eigenvalue weighted by Gasteiger charge is -2.19. The third-order valence-corrected chi connectivity index (χ3v) is 3.80. The molecule has 2 aromatic carbocycles. The van der Waals surface area contributed by atoms with E-state index in [2.05, 4.69) is 31.2 Å². The SMILES string of the molecule is CCc1ccc(CN(C)C(=O)c2cccc(N)c2C)cc1. The quantitative estimate of drug-likeness (QED) is 0.873. The second-order valence-electron chi connectivity index (χ2n) is 5.35. The topological polar surface area (TPSA) is 46.3 Å². The van der Waals surface area contributed by atoms with Crippen LogP contribution < -0.4 is 5.73 Å². The van der Waals surface area contributed by atoms with Gasteiger partial charge in [-0.15, -0.1) is 0 Å². The van der Waals surface area contributed by atoms with Gasteiger partial charge in [0.1, 0.15) is 0 Å². The minimum Gasteiger partial charge on any atom is -0.398 e. The lowest BCUT2D eigenvalue weighted by atomic mass is 10.1. The smallest absolute Gasteiger partial charge is 0.254 e. The second kappa shape index (κ2) is 6.44. The number of carbonyl (C=O) groups is 1. The summed E-state index contributed by atoms with van der Waals surface area (Å²) in [5.74, 6) is -0.000585. The average molecular weight is 282 g/mol. The number of hydrogen-bond acceptors (Lipinski definition) is 2. The van der Waals surface area contributed by atoms with E-state index in [4.69, 9.17) is 5.73 Å². The van der Waals surface area contributed by atoms with E-state index in [1.807, 2.05) is 32.2 Å². The Hall–Kier alpha value is -2.29. The normalized spacial score (nSPS) is 10.4. The summed E-state index contributed by atoms with van der Waals surface area (Å²) < 4.78 is 0. The number of nitrogens with two attached hydrogens (primary N) is 1. The summed E-state index contributed by atoms with van der Waals surface area (Å²) in [5.41, 5.74) is 10.5. The Morgan fingerprint density at radius 1 is 1.10 bits per heavy atom. The number of benzene rings is 2. The molecule has 0 radical (unpaired) electrons. The predicted octanol–water partition coefficient (Wildman–Crippen LogP) is 3.41. The van der Waals surface area contributed by atoms with E-state index in [9.17, 15) is 4.79 Å². The lowest BCUT2D eigenvalue weighted by Crippen LogP contribution is -2.27. The summed E-state index contributed by atoms with van der Waals surface area (Å²) in [6, 6.07) is 13.8. The van der Waals surface area contributed by atoms with Crippen LogP contribution in [0.5, 0.6) is 0 Å². The molecule has 0 saturated heterocycles. The molecule has 0 saturated carbocycles. The number of nitrogen functional groups attached to an aromatic ring is 1. The molecule has 0 aliphatic carbocycles. The van der Waals surface area contributed by atoms with Crippen LogP contribution in [0.25, 0.3) is 0 Å². The number of rotatable bonds is 4. The minimum atomic E-state index is -0.000585. The molecule has 0 bridgehead atoms. The van der Waals surface area contributed by atoms with Crippen LogP contribution >= 0.6 is 0 Å². The summed E-state index contributed by atoms with van der Waals surface area (Å²) in [5, 5.41) is 0. The van der Waals surface area contributed by atoms with Gasteiger partial charge in [0.15, 0.2) is 0 Å². The zero-order valence-electron chi connectivity index (χ0n) is 12.9. The minimum absolute atomic E-state index is 0.000585. The molecule has 0 heterocycles. The van der Waals surface area contributed by atoms with E-state index >= 15 is 0 Å². The number of amides is 1. The van der Waals surface area contributed by atoms with Crippen molar-refractivity contribution in [2.75, 3.05) is 12.8 Å². The van der Waals surface area contributed by atoms with Crippen molar-refractivity contribution in [3.8, 4) is 0 Å². The molecule has 0 unspecified atom stereocenters. The predicted molar refractivity (Wildman–Crippen MR) is 87.2 cm³/mol. The van der Waals surface area contributed by atoms with Crippen LogP contribution in [0.4, 0.5) is 5.69 Å². The fourth-order valence-electron chi connectivity index (χ4n) is 2.32. The van der Waals surface area contributed by atoms with Gasteiger partial charge in [0.25, 0.3) is 5.91 Å². The van der Waals surface area contributed by atoms with Crippen molar-refractivity contribution in [3.05, 3.63) is 64.7 Å². The molecule has 2 N–H and O–H groups in total. The van der Waals surface area contributed by atoms with Crippen LogP contribution in [0.15, 0.2) is 42.5 Å². The molecule has 3 nitrogen and oxygen atoms in total. The molecular formula is C18H22N2O. The Morgan fingerprint density at radius 3 is 2.33 bits per heavy atom. The first kappa shape index (κ1) is 15.1. The molecule has 110 valence electrons. The van der Waals surface area contributed by atoms with Gasteiger partial charge in [-0.25, -0.2) is 0 Å². The number of aryl methyl sites for hydroxylation is 1. The van der Waals surface area contributed by atoms with Crippen molar-refractivity contribution >= 4 is 11.6 Å². The van der Waals surface area contributed by atoms with Gasteiger partial charge in [0.05, 0.1) is 0 Å². The molecule has 0 aromatic heterocycles. The molecule has 2 aromatic rings. The first-order chi connectivity index (χ1) is 10.0. The van der Waals surface area contributed by atoms with Crippen LogP contribution in [0.1, 0.15) is 34.0 Å². The van der Waals surface area contributed by atoms with E-state index in [1.165, 1.54) is 5.56 Å². The molecule has 0 aliphatic heterocycles. The molecule has 2 rings (SSSR count). The van der Waals surface area contributed by atoms with Crippen LogP contribution in [0.3, 0.4) is 0 Å². The molecule has 0 atom stereocenters. The van der Waals surface area contributed by atoms with Crippen molar-refractivity contribution in [1.82, 2.24) is 4.90 Å². The largest absolute Gasteiger partial charge is 0.398 e. The number of carbonyl (C=O) groups excluding carboxylic acids is 1. The third kappa shape index (κ3) is 3.43. The van der Waals surface area contributed by atoms with Gasteiger partial charge >= 0.3 is 0 Å². The van der Waals surface area contributed by atoms with Gasteiger partial charge in [-0.3, -0.25) is 4.79 Å². The maximum absolute atomic E-state index is 12.5. The van der Waals surface area contributed by atoms with Gasteiger partial charge in [-0.2, -0.15) is 0 Å². The van der Waals surface area contributed by atoms with Crippen LogP contribution in [0, 0.1) is 6.92 Å². The van der Waals surface area contributed by atoms with Crippen molar-refractivity contribution in [3.63, 3.8) is 0 Å². The van der Waals surface area contributed by atoms with Gasteiger partial charge < -0.3 is 10.6 Å². The highest BCUT2D eigenvalue weighted by atomic mass is 16.2. The van der Waals surface area contributed by atoms with Gasteiger partial charge in [-0.05, 0) is 42.2 Å².